The lowest BCUT2D eigenvalue weighted by molar-refractivity contribution is 0.104. The van der Waals surface area contributed by atoms with Gasteiger partial charge in [0.1, 0.15) is 5.69 Å². The van der Waals surface area contributed by atoms with Crippen molar-refractivity contribution in [3.05, 3.63) is 72.1 Å². The molecule has 3 aliphatic rings. The van der Waals surface area contributed by atoms with Gasteiger partial charge in [-0.1, -0.05) is 30.3 Å². The molecule has 4 heteroatoms. The van der Waals surface area contributed by atoms with E-state index in [1.54, 1.807) is 0 Å². The van der Waals surface area contributed by atoms with Gasteiger partial charge in [0.2, 0.25) is 5.78 Å². The molecule has 3 heterocycles. The Morgan fingerprint density at radius 3 is 2.55 bits per heavy atom. The molecule has 0 amide bonds. The number of fused-ring (bicyclic) bond motifs is 7. The molecular formula is C18H11ClN2O. The first-order valence-electron chi connectivity index (χ1n) is 6.88. The molecule has 3 aliphatic heterocycles. The lowest BCUT2D eigenvalue weighted by Gasteiger charge is -2.08. The van der Waals surface area contributed by atoms with Gasteiger partial charge in [0.05, 0.1) is 16.9 Å². The zero-order chi connectivity index (χ0) is 14.0. The van der Waals surface area contributed by atoms with E-state index in [0.29, 0.717) is 5.69 Å². The molecule has 0 saturated carbocycles. The number of halogens is 1. The van der Waals surface area contributed by atoms with Crippen LogP contribution in [0.2, 0.25) is 0 Å². The van der Waals surface area contributed by atoms with E-state index in [1.807, 2.05) is 65.4 Å². The van der Waals surface area contributed by atoms with Crippen molar-refractivity contribution in [2.45, 2.75) is 0 Å². The minimum absolute atomic E-state index is 0. The summed E-state index contributed by atoms with van der Waals surface area (Å²) in [5.74, 6) is 0.0546. The van der Waals surface area contributed by atoms with Gasteiger partial charge in [0, 0.05) is 22.7 Å². The first-order valence-corrected chi connectivity index (χ1v) is 6.88. The second kappa shape index (κ2) is 4.42. The maximum absolute atomic E-state index is 12.7. The Hall–Kier alpha value is -2.65. The first-order chi connectivity index (χ1) is 10.3. The van der Waals surface area contributed by atoms with E-state index >= 15 is 0 Å². The van der Waals surface area contributed by atoms with E-state index in [2.05, 4.69) is 4.98 Å². The minimum atomic E-state index is 0. The maximum atomic E-state index is 12.7. The van der Waals surface area contributed by atoms with Crippen LogP contribution in [0.1, 0.15) is 16.1 Å². The highest BCUT2D eigenvalue weighted by molar-refractivity contribution is 6.18. The zero-order valence-electron chi connectivity index (χ0n) is 11.5. The first kappa shape index (κ1) is 13.0. The summed E-state index contributed by atoms with van der Waals surface area (Å²) in [6.07, 6.45) is 1.97. The predicted octanol–water partition coefficient (Wildman–Crippen LogP) is 4.10. The Kier molecular flexibility index (Phi) is 2.62. The highest BCUT2D eigenvalue weighted by Gasteiger charge is 2.31. The SMILES string of the molecule is Cl.O=C1c2ccccc2-n2ccc3c4ccccc4nc-3c21. The lowest BCUT2D eigenvalue weighted by Crippen LogP contribution is -2.03. The van der Waals surface area contributed by atoms with Gasteiger partial charge >= 0.3 is 0 Å². The molecular weight excluding hydrogens is 296 g/mol. The van der Waals surface area contributed by atoms with Gasteiger partial charge in [-0.2, -0.15) is 0 Å². The van der Waals surface area contributed by atoms with E-state index in [-0.39, 0.29) is 18.2 Å². The molecule has 0 aromatic heterocycles. The summed E-state index contributed by atoms with van der Waals surface area (Å²) in [6.45, 7) is 0. The number of nitrogens with zero attached hydrogens (tertiary/aromatic N) is 2. The summed E-state index contributed by atoms with van der Waals surface area (Å²) >= 11 is 0. The summed E-state index contributed by atoms with van der Waals surface area (Å²) in [6, 6.07) is 17.7. The molecule has 0 unspecified atom stereocenters. The molecule has 3 nitrogen and oxygen atoms in total. The Morgan fingerprint density at radius 1 is 0.864 bits per heavy atom. The largest absolute Gasteiger partial charge is 0.311 e. The molecule has 2 aromatic rings. The van der Waals surface area contributed by atoms with Crippen molar-refractivity contribution in [1.29, 1.82) is 0 Å². The number of ketones is 1. The molecule has 22 heavy (non-hydrogen) atoms. The summed E-state index contributed by atoms with van der Waals surface area (Å²) in [7, 11) is 0. The van der Waals surface area contributed by atoms with Crippen LogP contribution in [0.5, 0.6) is 0 Å². The van der Waals surface area contributed by atoms with E-state index in [9.17, 15) is 4.79 Å². The Labute approximate surface area is 133 Å². The number of hydrogen-bond acceptors (Lipinski definition) is 2. The number of benzene rings is 2. The van der Waals surface area contributed by atoms with E-state index < -0.39 is 0 Å². The van der Waals surface area contributed by atoms with Crippen molar-refractivity contribution < 1.29 is 4.79 Å². The number of hydrogen-bond donors (Lipinski definition) is 0. The normalized spacial score (nSPS) is 12.3. The molecule has 0 aliphatic carbocycles. The van der Waals surface area contributed by atoms with Crippen LogP contribution < -0.4 is 0 Å². The van der Waals surface area contributed by atoms with Crippen LogP contribution in [0, 0.1) is 0 Å². The monoisotopic (exact) mass is 306 g/mol. The smallest absolute Gasteiger partial charge is 0.214 e. The average molecular weight is 307 g/mol. The van der Waals surface area contributed by atoms with Crippen molar-refractivity contribution >= 4 is 29.1 Å². The summed E-state index contributed by atoms with van der Waals surface area (Å²) < 4.78 is 1.95. The van der Waals surface area contributed by atoms with Gasteiger partial charge in [0.15, 0.2) is 0 Å². The fraction of sp³-hybridized carbons (Fsp3) is 0. The van der Waals surface area contributed by atoms with Crippen LogP contribution in [0.3, 0.4) is 0 Å². The zero-order valence-corrected chi connectivity index (χ0v) is 12.3. The van der Waals surface area contributed by atoms with Gasteiger partial charge in [-0.15, -0.1) is 12.4 Å². The Balaban J connectivity index is 0.00000125. The number of para-hydroxylation sites is 2. The molecule has 5 rings (SSSR count). The molecule has 0 atom stereocenters. The van der Waals surface area contributed by atoms with Gasteiger partial charge in [0.25, 0.3) is 0 Å². The summed E-state index contributed by atoms with van der Waals surface area (Å²) in [5, 5.41) is 1.10. The van der Waals surface area contributed by atoms with Gasteiger partial charge in [-0.3, -0.25) is 4.79 Å². The number of carbonyl (C=O) groups is 1. The standard InChI is InChI=1S/C18H10N2O.ClH/c21-18-13-6-2-4-8-15(13)20-10-9-12-11-5-1-3-7-14(11)19-16(12)17(18)20;/h1-10H;1H. The average Bonchev–Trinajstić information content (AvgIpc) is 3.04. The maximum Gasteiger partial charge on any atom is 0.214 e. The lowest BCUT2D eigenvalue weighted by atomic mass is 10.0. The molecule has 0 N–H and O–H groups in total. The third kappa shape index (κ3) is 1.46. The summed E-state index contributed by atoms with van der Waals surface area (Å²) in [5.41, 5.74) is 5.12. The van der Waals surface area contributed by atoms with E-state index in [0.717, 1.165) is 33.4 Å². The van der Waals surface area contributed by atoms with Crippen LogP contribution in [0.4, 0.5) is 0 Å². The van der Waals surface area contributed by atoms with E-state index in [4.69, 9.17) is 0 Å². The third-order valence-corrected chi connectivity index (χ3v) is 4.16. The van der Waals surface area contributed by atoms with Crippen LogP contribution in [0.25, 0.3) is 27.8 Å². The van der Waals surface area contributed by atoms with Crippen LogP contribution >= 0.6 is 12.4 Å². The molecule has 2 aromatic carbocycles. The third-order valence-electron chi connectivity index (χ3n) is 4.16. The van der Waals surface area contributed by atoms with Crippen molar-refractivity contribution in [3.8, 4) is 16.9 Å². The Morgan fingerprint density at radius 2 is 1.64 bits per heavy atom. The second-order valence-corrected chi connectivity index (χ2v) is 5.27. The topological polar surface area (TPSA) is 34.9 Å². The van der Waals surface area contributed by atoms with Crippen LogP contribution in [-0.2, 0) is 0 Å². The second-order valence-electron chi connectivity index (χ2n) is 5.27. The Bertz CT molecular complexity index is 1020. The van der Waals surface area contributed by atoms with Crippen LogP contribution in [0.15, 0.2) is 60.8 Å². The predicted molar refractivity (Wildman–Crippen MR) is 88.4 cm³/mol. The van der Waals surface area contributed by atoms with Crippen LogP contribution in [-0.4, -0.2) is 15.3 Å². The van der Waals surface area contributed by atoms with E-state index in [1.165, 1.54) is 0 Å². The highest BCUT2D eigenvalue weighted by Crippen LogP contribution is 2.38. The molecule has 0 bridgehead atoms. The fourth-order valence-corrected chi connectivity index (χ4v) is 3.22. The molecule has 106 valence electrons. The minimum Gasteiger partial charge on any atom is -0.311 e. The number of rotatable bonds is 0. The number of pyridine rings is 1. The number of carbonyl (C=O) groups excluding carboxylic acids is 1. The van der Waals surface area contributed by atoms with Crippen molar-refractivity contribution in [2.75, 3.05) is 0 Å². The fourth-order valence-electron chi connectivity index (χ4n) is 3.22. The molecule has 0 fully saturated rings. The number of aromatic nitrogens is 2. The summed E-state index contributed by atoms with van der Waals surface area (Å²) in [4.78, 5) is 17.4. The molecule has 0 saturated heterocycles. The molecule has 0 radical (unpaired) electrons. The highest BCUT2D eigenvalue weighted by atomic mass is 35.5. The quantitative estimate of drug-likeness (QED) is 0.432. The van der Waals surface area contributed by atoms with Gasteiger partial charge in [-0.25, -0.2) is 4.98 Å². The van der Waals surface area contributed by atoms with Gasteiger partial charge in [-0.05, 0) is 24.3 Å². The van der Waals surface area contributed by atoms with Crippen molar-refractivity contribution in [1.82, 2.24) is 9.55 Å². The van der Waals surface area contributed by atoms with Crippen molar-refractivity contribution in [3.63, 3.8) is 0 Å². The van der Waals surface area contributed by atoms with Gasteiger partial charge < -0.3 is 4.57 Å². The van der Waals surface area contributed by atoms with Crippen molar-refractivity contribution in [2.24, 2.45) is 0 Å². The molecule has 0 spiro atoms.